The van der Waals surface area contributed by atoms with Crippen molar-refractivity contribution in [3.63, 3.8) is 0 Å². The van der Waals surface area contributed by atoms with Crippen LogP contribution in [-0.2, 0) is 10.8 Å². The molecule has 1 nitrogen and oxygen atoms in total. The number of benzene rings is 7. The zero-order valence-corrected chi connectivity index (χ0v) is 26.1. The molecule has 0 spiro atoms. The van der Waals surface area contributed by atoms with Gasteiger partial charge in [0, 0.05) is 20.6 Å². The molecule has 3 heterocycles. The van der Waals surface area contributed by atoms with Crippen molar-refractivity contribution >= 4 is 61.1 Å². The summed E-state index contributed by atoms with van der Waals surface area (Å²) >= 11 is 1.93. The van der Waals surface area contributed by atoms with Gasteiger partial charge in [-0.25, -0.2) is 0 Å². The normalized spacial score (nSPS) is 16.4. The number of anilines is 3. The topological polar surface area (TPSA) is 3.24 Å². The molecule has 7 aromatic carbocycles. The second kappa shape index (κ2) is 8.14. The van der Waals surface area contributed by atoms with Crippen LogP contribution in [0.2, 0.25) is 0 Å². The summed E-state index contributed by atoms with van der Waals surface area (Å²) in [7, 11) is 0. The summed E-state index contributed by atoms with van der Waals surface area (Å²) < 4.78 is 0. The fourth-order valence-corrected chi connectivity index (χ4v) is 9.73. The molecule has 210 valence electrons. The first-order valence-corrected chi connectivity index (χ1v) is 16.4. The summed E-state index contributed by atoms with van der Waals surface area (Å²) in [6.45, 7) is 9.72. The van der Waals surface area contributed by atoms with Crippen LogP contribution in [0.25, 0.3) is 43.4 Å². The Balaban J connectivity index is 1.36. The van der Waals surface area contributed by atoms with Crippen molar-refractivity contribution in [1.29, 1.82) is 0 Å². The van der Waals surface area contributed by atoms with Gasteiger partial charge >= 0.3 is 0 Å². The van der Waals surface area contributed by atoms with Crippen molar-refractivity contribution in [3.05, 3.63) is 138 Å². The maximum atomic E-state index is 2.63. The fourth-order valence-electron chi connectivity index (χ4n) is 8.60. The van der Waals surface area contributed by atoms with Crippen molar-refractivity contribution in [2.24, 2.45) is 0 Å². The fraction of sp³-hybridized carbons (Fsp3) is 0.143. The van der Waals surface area contributed by atoms with E-state index in [0.717, 1.165) is 0 Å². The molecule has 0 saturated carbocycles. The number of rotatable bonds is 1. The SMILES string of the molecule is CC1(C)c2cccc3c2N2c4c(cccc4C(C)(C)c4cc(-c5cccc6c7ccccc7c7ccccc7c56)cc1c42)S3. The Bertz CT molecular complexity index is 2300. The van der Waals surface area contributed by atoms with E-state index in [-0.39, 0.29) is 10.8 Å². The second-order valence-corrected chi connectivity index (χ2v) is 14.8. The van der Waals surface area contributed by atoms with Crippen molar-refractivity contribution in [2.75, 3.05) is 4.90 Å². The molecule has 3 aliphatic heterocycles. The van der Waals surface area contributed by atoms with E-state index in [1.807, 2.05) is 11.8 Å². The highest BCUT2D eigenvalue weighted by Gasteiger charge is 2.48. The molecule has 3 aliphatic rings. The highest BCUT2D eigenvalue weighted by atomic mass is 32.2. The van der Waals surface area contributed by atoms with Gasteiger partial charge in [-0.3, -0.25) is 0 Å². The minimum atomic E-state index is -0.151. The lowest BCUT2D eigenvalue weighted by Crippen LogP contribution is -2.39. The zero-order valence-electron chi connectivity index (χ0n) is 25.3. The van der Waals surface area contributed by atoms with Crippen LogP contribution in [0, 0.1) is 0 Å². The van der Waals surface area contributed by atoms with E-state index in [4.69, 9.17) is 0 Å². The van der Waals surface area contributed by atoms with Crippen LogP contribution < -0.4 is 4.90 Å². The van der Waals surface area contributed by atoms with Crippen LogP contribution >= 0.6 is 11.8 Å². The van der Waals surface area contributed by atoms with Crippen LogP contribution in [0.3, 0.4) is 0 Å². The Labute approximate surface area is 262 Å². The van der Waals surface area contributed by atoms with E-state index >= 15 is 0 Å². The van der Waals surface area contributed by atoms with Crippen LogP contribution in [0.1, 0.15) is 49.9 Å². The van der Waals surface area contributed by atoms with Gasteiger partial charge in [-0.15, -0.1) is 0 Å². The average molecular weight is 582 g/mol. The lowest BCUT2D eigenvalue weighted by molar-refractivity contribution is 0.593. The lowest BCUT2D eigenvalue weighted by atomic mass is 9.65. The standard InChI is InChI=1S/C42H31NS/c1-41(2)31-18-10-20-35-39(31)43-38-33(41)22-24(23-34(38)42(3,4)32-19-11-21-36(44-35)40(32)43)25-16-9-17-30-28-13-6-5-12-26(28)27-14-7-8-15-29(27)37(25)30/h5-23H,1-4H3. The van der Waals surface area contributed by atoms with E-state index < -0.39 is 0 Å². The van der Waals surface area contributed by atoms with Gasteiger partial charge < -0.3 is 4.90 Å². The number of hydrogen-bond donors (Lipinski definition) is 0. The number of hydrogen-bond acceptors (Lipinski definition) is 2. The molecule has 44 heavy (non-hydrogen) atoms. The van der Waals surface area contributed by atoms with Crippen LogP contribution in [0.4, 0.5) is 17.1 Å². The van der Waals surface area contributed by atoms with Gasteiger partial charge in [0.2, 0.25) is 0 Å². The summed E-state index contributed by atoms with van der Waals surface area (Å²) in [4.78, 5) is 5.34. The van der Waals surface area contributed by atoms with Crippen molar-refractivity contribution in [2.45, 2.75) is 48.3 Å². The smallest absolute Gasteiger partial charge is 0.0642 e. The van der Waals surface area contributed by atoms with E-state index in [1.165, 1.54) is 92.6 Å². The predicted molar refractivity (Wildman–Crippen MR) is 187 cm³/mol. The van der Waals surface area contributed by atoms with Crippen molar-refractivity contribution < 1.29 is 0 Å². The van der Waals surface area contributed by atoms with Crippen LogP contribution in [0.5, 0.6) is 0 Å². The average Bonchev–Trinajstić information content (AvgIpc) is 3.05. The first-order chi connectivity index (χ1) is 21.4. The van der Waals surface area contributed by atoms with Crippen molar-refractivity contribution in [3.8, 4) is 11.1 Å². The zero-order chi connectivity index (χ0) is 29.5. The molecule has 0 radical (unpaired) electrons. The van der Waals surface area contributed by atoms with Gasteiger partial charge in [-0.2, -0.15) is 0 Å². The van der Waals surface area contributed by atoms with Crippen molar-refractivity contribution in [1.82, 2.24) is 0 Å². The molecule has 0 unspecified atom stereocenters. The number of para-hydroxylation sites is 2. The van der Waals surface area contributed by atoms with Gasteiger partial charge in [0.15, 0.2) is 0 Å². The molecular formula is C42H31NS. The second-order valence-electron chi connectivity index (χ2n) is 13.7. The molecule has 0 aliphatic carbocycles. The Morgan fingerprint density at radius 3 is 1.45 bits per heavy atom. The molecule has 0 amide bonds. The molecule has 0 saturated heterocycles. The minimum Gasteiger partial charge on any atom is -0.307 e. The Kier molecular flexibility index (Phi) is 4.60. The van der Waals surface area contributed by atoms with E-state index in [1.54, 1.807) is 0 Å². The summed E-state index contributed by atoms with van der Waals surface area (Å²) in [6, 6.07) is 43.6. The number of nitrogens with zero attached hydrogens (tertiary/aromatic N) is 1. The molecule has 7 aromatic rings. The molecular weight excluding hydrogens is 551 g/mol. The molecule has 10 rings (SSSR count). The number of fused-ring (bicyclic) bond motifs is 6. The molecule has 2 heteroatoms. The molecule has 0 aromatic heterocycles. The molecule has 0 bridgehead atoms. The van der Waals surface area contributed by atoms with Crippen LogP contribution in [0.15, 0.2) is 125 Å². The quantitative estimate of drug-likeness (QED) is 0.177. The third-order valence-corrected chi connectivity index (χ3v) is 11.9. The third kappa shape index (κ3) is 2.88. The van der Waals surface area contributed by atoms with Gasteiger partial charge in [0.25, 0.3) is 0 Å². The largest absolute Gasteiger partial charge is 0.307 e. The summed E-state index contributed by atoms with van der Waals surface area (Å²) in [5.41, 5.74) is 12.1. The highest BCUT2D eigenvalue weighted by Crippen LogP contribution is 2.66. The third-order valence-electron chi connectivity index (χ3n) is 10.8. The lowest BCUT2D eigenvalue weighted by Gasteiger charge is -2.52. The predicted octanol–water partition coefficient (Wildman–Crippen LogP) is 12.0. The molecule has 0 atom stereocenters. The van der Waals surface area contributed by atoms with Gasteiger partial charge in [-0.1, -0.05) is 130 Å². The Morgan fingerprint density at radius 2 is 0.909 bits per heavy atom. The highest BCUT2D eigenvalue weighted by molar-refractivity contribution is 7.99. The Hall–Kier alpha value is -4.53. The molecule has 0 fully saturated rings. The summed E-state index contributed by atoms with van der Waals surface area (Å²) in [6.07, 6.45) is 0. The van der Waals surface area contributed by atoms with E-state index in [9.17, 15) is 0 Å². The summed E-state index contributed by atoms with van der Waals surface area (Å²) in [5.74, 6) is 0. The van der Waals surface area contributed by atoms with E-state index in [0.29, 0.717) is 0 Å². The first-order valence-electron chi connectivity index (χ1n) is 15.6. The minimum absolute atomic E-state index is 0.151. The van der Waals surface area contributed by atoms with Gasteiger partial charge in [0.1, 0.15) is 0 Å². The van der Waals surface area contributed by atoms with Crippen LogP contribution in [-0.4, -0.2) is 0 Å². The first kappa shape index (κ1) is 24.9. The van der Waals surface area contributed by atoms with E-state index in [2.05, 4.69) is 148 Å². The maximum Gasteiger partial charge on any atom is 0.0642 e. The monoisotopic (exact) mass is 581 g/mol. The van der Waals surface area contributed by atoms with Gasteiger partial charge in [-0.05, 0) is 90.0 Å². The summed E-state index contributed by atoms with van der Waals surface area (Å²) in [5, 5.41) is 7.93. The Morgan fingerprint density at radius 1 is 0.455 bits per heavy atom. The molecule has 0 N–H and O–H groups in total. The van der Waals surface area contributed by atoms with Gasteiger partial charge in [0.05, 0.1) is 17.1 Å². The maximum absolute atomic E-state index is 2.63.